The van der Waals surface area contributed by atoms with Gasteiger partial charge in [-0.15, -0.1) is 0 Å². The lowest BCUT2D eigenvalue weighted by atomic mass is 10.6. The van der Waals surface area contributed by atoms with Crippen molar-refractivity contribution in [2.45, 2.75) is 39.6 Å². The summed E-state index contributed by atoms with van der Waals surface area (Å²) in [5.41, 5.74) is 0. The highest BCUT2D eigenvalue weighted by molar-refractivity contribution is 4.41. The van der Waals surface area contributed by atoms with Crippen molar-refractivity contribution in [3.63, 3.8) is 0 Å². The van der Waals surface area contributed by atoms with E-state index < -0.39 is 12.6 Å². The Bertz CT molecular complexity index is 97.7. The highest BCUT2D eigenvalue weighted by Gasteiger charge is 2.08. The molecule has 3 atom stereocenters. The number of hydrogen-bond acceptors (Lipinski definition) is 4. The summed E-state index contributed by atoms with van der Waals surface area (Å²) in [5.74, 6) is 0. The number of ether oxygens (including phenoxy) is 2. The Morgan fingerprint density at radius 1 is 1.18 bits per heavy atom. The zero-order valence-electron chi connectivity index (χ0n) is 7.50. The van der Waals surface area contributed by atoms with E-state index in [1.807, 2.05) is 6.92 Å². The predicted octanol–water partition coefficient (Wildman–Crippen LogP) is 0.269. The molecule has 0 bridgehead atoms. The van der Waals surface area contributed by atoms with Crippen LogP contribution in [0.25, 0.3) is 0 Å². The van der Waals surface area contributed by atoms with Crippen LogP contribution in [-0.2, 0) is 9.47 Å². The Kier molecular flexibility index (Phi) is 5.41. The normalized spacial score (nSPS) is 19.4. The molecule has 0 fully saturated rings. The van der Waals surface area contributed by atoms with Gasteiger partial charge in [-0.3, -0.25) is 5.32 Å². The maximum Gasteiger partial charge on any atom is 0.160 e. The molecule has 0 rings (SSSR count). The van der Waals surface area contributed by atoms with E-state index in [2.05, 4.69) is 5.32 Å². The molecule has 68 valence electrons. The van der Waals surface area contributed by atoms with Crippen molar-refractivity contribution in [1.82, 2.24) is 5.32 Å². The number of aliphatic hydroxyl groups is 1. The molecular formula is C7H17NO3. The van der Waals surface area contributed by atoms with Gasteiger partial charge in [0.2, 0.25) is 0 Å². The first-order chi connectivity index (χ1) is 5.06. The molecule has 0 saturated carbocycles. The molecule has 0 radical (unpaired) electrons. The molecule has 4 nitrogen and oxygen atoms in total. The molecule has 0 saturated heterocycles. The molecule has 0 aromatic rings. The molecule has 0 heterocycles. The first kappa shape index (κ1) is 10.8. The fourth-order valence-corrected chi connectivity index (χ4v) is 0.665. The fraction of sp³-hybridized carbons (Fsp3) is 1.00. The van der Waals surface area contributed by atoms with Crippen LogP contribution in [0.15, 0.2) is 0 Å². The second-order valence-electron chi connectivity index (χ2n) is 2.37. The van der Waals surface area contributed by atoms with Gasteiger partial charge in [0.15, 0.2) is 12.6 Å². The number of hydrogen-bond donors (Lipinski definition) is 2. The molecule has 3 unspecified atom stereocenters. The third kappa shape index (κ3) is 6.25. The summed E-state index contributed by atoms with van der Waals surface area (Å²) < 4.78 is 10.1. The fourth-order valence-electron chi connectivity index (χ4n) is 0.665. The van der Waals surface area contributed by atoms with E-state index in [1.165, 1.54) is 0 Å². The lowest BCUT2D eigenvalue weighted by Crippen LogP contribution is -2.31. The van der Waals surface area contributed by atoms with Gasteiger partial charge in [-0.2, -0.15) is 0 Å². The smallest absolute Gasteiger partial charge is 0.160 e. The molecular weight excluding hydrogens is 146 g/mol. The largest absolute Gasteiger partial charge is 0.368 e. The first-order valence-electron chi connectivity index (χ1n) is 3.72. The van der Waals surface area contributed by atoms with E-state index in [-0.39, 0.29) is 6.23 Å². The number of rotatable bonds is 5. The van der Waals surface area contributed by atoms with Gasteiger partial charge in [0.05, 0.1) is 0 Å². The van der Waals surface area contributed by atoms with Crippen molar-refractivity contribution >= 4 is 0 Å². The van der Waals surface area contributed by atoms with E-state index in [4.69, 9.17) is 14.6 Å². The molecule has 0 amide bonds. The summed E-state index contributed by atoms with van der Waals surface area (Å²) in [7, 11) is 1.79. The Morgan fingerprint density at radius 2 is 1.73 bits per heavy atom. The average molecular weight is 163 g/mol. The summed E-state index contributed by atoms with van der Waals surface area (Å²) in [6.45, 7) is 5.15. The predicted molar refractivity (Wildman–Crippen MR) is 41.8 cm³/mol. The minimum Gasteiger partial charge on any atom is -0.368 e. The van der Waals surface area contributed by atoms with Gasteiger partial charge in [-0.05, 0) is 27.8 Å². The van der Waals surface area contributed by atoms with Crippen molar-refractivity contribution in [2.75, 3.05) is 7.05 Å². The Balaban J connectivity index is 3.43. The molecule has 0 aromatic carbocycles. The van der Waals surface area contributed by atoms with E-state index in [9.17, 15) is 0 Å². The minimum atomic E-state index is -0.783. The molecule has 0 aliphatic rings. The summed E-state index contributed by atoms with van der Waals surface area (Å²) >= 11 is 0. The zero-order valence-corrected chi connectivity index (χ0v) is 7.50. The monoisotopic (exact) mass is 163 g/mol. The maximum absolute atomic E-state index is 8.79. The maximum atomic E-state index is 8.79. The van der Waals surface area contributed by atoms with E-state index in [0.717, 1.165) is 0 Å². The van der Waals surface area contributed by atoms with Crippen LogP contribution in [-0.4, -0.2) is 31.0 Å². The molecule has 0 aromatic heterocycles. The van der Waals surface area contributed by atoms with E-state index in [1.54, 1.807) is 20.9 Å². The van der Waals surface area contributed by atoms with Gasteiger partial charge in [0, 0.05) is 0 Å². The summed E-state index contributed by atoms with van der Waals surface area (Å²) in [4.78, 5) is 0. The molecule has 0 spiro atoms. The highest BCUT2D eigenvalue weighted by atomic mass is 16.7. The van der Waals surface area contributed by atoms with Gasteiger partial charge in [0.25, 0.3) is 0 Å². The quantitative estimate of drug-likeness (QED) is 0.571. The Hall–Kier alpha value is -0.160. The molecule has 2 N–H and O–H groups in total. The van der Waals surface area contributed by atoms with Crippen LogP contribution in [0.2, 0.25) is 0 Å². The van der Waals surface area contributed by atoms with Crippen LogP contribution in [0.3, 0.4) is 0 Å². The SMILES string of the molecule is CNC(C)OC(C)OC(C)O. The van der Waals surface area contributed by atoms with Gasteiger partial charge in [-0.1, -0.05) is 0 Å². The van der Waals surface area contributed by atoms with Crippen LogP contribution >= 0.6 is 0 Å². The number of nitrogens with one attached hydrogen (secondary N) is 1. The number of aliphatic hydroxyl groups excluding tert-OH is 1. The standard InChI is InChI=1S/C7H17NO3/c1-5(8-4)10-7(3)11-6(2)9/h5-9H,1-4H3. The van der Waals surface area contributed by atoms with E-state index in [0.29, 0.717) is 0 Å². The second-order valence-corrected chi connectivity index (χ2v) is 2.37. The van der Waals surface area contributed by atoms with E-state index >= 15 is 0 Å². The summed E-state index contributed by atoms with van der Waals surface area (Å²) in [6.07, 6.45) is -1.24. The lowest BCUT2D eigenvalue weighted by molar-refractivity contribution is -0.230. The molecule has 11 heavy (non-hydrogen) atoms. The van der Waals surface area contributed by atoms with Crippen molar-refractivity contribution in [3.05, 3.63) is 0 Å². The van der Waals surface area contributed by atoms with Gasteiger partial charge in [-0.25, -0.2) is 0 Å². The van der Waals surface area contributed by atoms with Crippen LogP contribution in [0.1, 0.15) is 20.8 Å². The average Bonchev–Trinajstić information content (AvgIpc) is 1.85. The van der Waals surface area contributed by atoms with Crippen LogP contribution in [0, 0.1) is 0 Å². The minimum absolute atomic E-state index is 0.0660. The van der Waals surface area contributed by atoms with Gasteiger partial charge < -0.3 is 14.6 Å². The third-order valence-corrected chi connectivity index (χ3v) is 1.19. The van der Waals surface area contributed by atoms with Crippen molar-refractivity contribution in [3.8, 4) is 0 Å². The third-order valence-electron chi connectivity index (χ3n) is 1.19. The van der Waals surface area contributed by atoms with Crippen LogP contribution in [0.4, 0.5) is 0 Å². The Labute approximate surface area is 67.5 Å². The lowest BCUT2D eigenvalue weighted by Gasteiger charge is -2.19. The van der Waals surface area contributed by atoms with Crippen molar-refractivity contribution < 1.29 is 14.6 Å². The van der Waals surface area contributed by atoms with Gasteiger partial charge in [0.1, 0.15) is 6.23 Å². The topological polar surface area (TPSA) is 50.7 Å². The van der Waals surface area contributed by atoms with Crippen molar-refractivity contribution in [1.29, 1.82) is 0 Å². The van der Waals surface area contributed by atoms with Crippen LogP contribution in [0.5, 0.6) is 0 Å². The second kappa shape index (κ2) is 5.49. The van der Waals surface area contributed by atoms with Crippen LogP contribution < -0.4 is 5.32 Å². The Morgan fingerprint density at radius 3 is 2.09 bits per heavy atom. The summed E-state index contributed by atoms with van der Waals surface area (Å²) in [6, 6.07) is 0. The molecule has 4 heteroatoms. The molecule has 0 aliphatic heterocycles. The molecule has 0 aliphatic carbocycles. The highest BCUT2D eigenvalue weighted by Crippen LogP contribution is 1.99. The summed E-state index contributed by atoms with van der Waals surface area (Å²) in [5, 5.41) is 11.7. The zero-order chi connectivity index (χ0) is 8.85. The van der Waals surface area contributed by atoms with Gasteiger partial charge >= 0.3 is 0 Å². The van der Waals surface area contributed by atoms with Crippen molar-refractivity contribution in [2.24, 2.45) is 0 Å². The first-order valence-corrected chi connectivity index (χ1v) is 3.72.